The Morgan fingerprint density at radius 1 is 0.892 bits per heavy atom. The molecule has 1 amide bonds. The Hall–Kier alpha value is -3.09. The number of rotatable bonds is 6. The zero-order chi connectivity index (χ0) is 25.6. The maximum atomic E-state index is 13.1. The molecule has 0 aliphatic carbocycles. The smallest absolute Gasteiger partial charge is 0.253 e. The molecule has 3 heterocycles. The van der Waals surface area contributed by atoms with E-state index in [9.17, 15) is 4.79 Å². The number of carbonyl (C=O) groups is 1. The number of carbonyl (C=O) groups excluding carboxylic acids is 1. The summed E-state index contributed by atoms with van der Waals surface area (Å²) < 4.78 is 2.23. The van der Waals surface area contributed by atoms with Gasteiger partial charge in [-0.15, -0.1) is 0 Å². The predicted octanol–water partition coefficient (Wildman–Crippen LogP) is 6.52. The predicted molar refractivity (Wildman–Crippen MR) is 153 cm³/mol. The molecule has 2 fully saturated rings. The molecular weight excluding hydrogens is 476 g/mol. The van der Waals surface area contributed by atoms with Crippen molar-refractivity contribution in [2.24, 2.45) is 0 Å². The van der Waals surface area contributed by atoms with E-state index in [4.69, 9.17) is 4.98 Å². The lowest BCUT2D eigenvalue weighted by Gasteiger charge is -2.23. The highest BCUT2D eigenvalue weighted by molar-refractivity contribution is 7.98. The van der Waals surface area contributed by atoms with E-state index >= 15 is 0 Å². The van der Waals surface area contributed by atoms with E-state index in [-0.39, 0.29) is 5.91 Å². The third-order valence-corrected chi connectivity index (χ3v) is 8.27. The fourth-order valence-corrected chi connectivity index (χ4v) is 6.27. The van der Waals surface area contributed by atoms with E-state index in [0.717, 1.165) is 47.5 Å². The van der Waals surface area contributed by atoms with Crippen molar-refractivity contribution < 1.29 is 4.79 Å². The maximum Gasteiger partial charge on any atom is 0.253 e. The van der Waals surface area contributed by atoms with Gasteiger partial charge in [-0.25, -0.2) is 4.98 Å². The van der Waals surface area contributed by atoms with Gasteiger partial charge in [-0.05, 0) is 86.3 Å². The van der Waals surface area contributed by atoms with Crippen LogP contribution in [0.1, 0.15) is 54.9 Å². The molecular formula is C31H36N4OS. The molecule has 0 N–H and O–H groups in total. The van der Waals surface area contributed by atoms with Gasteiger partial charge < -0.3 is 4.90 Å². The third kappa shape index (κ3) is 5.76. The van der Waals surface area contributed by atoms with Crippen molar-refractivity contribution in [2.45, 2.75) is 50.5 Å². The molecule has 1 unspecified atom stereocenters. The summed E-state index contributed by atoms with van der Waals surface area (Å²) in [4.78, 5) is 23.8. The first kappa shape index (κ1) is 25.6. The maximum absolute atomic E-state index is 13.1. The molecule has 0 spiro atoms. The first-order valence-electron chi connectivity index (χ1n) is 13.6. The Morgan fingerprint density at radius 3 is 2.35 bits per heavy atom. The highest BCUT2D eigenvalue weighted by Gasteiger charge is 2.31. The first-order valence-corrected chi connectivity index (χ1v) is 14.3. The molecule has 0 bridgehead atoms. The largest absolute Gasteiger partial charge is 0.337 e. The van der Waals surface area contributed by atoms with Crippen molar-refractivity contribution in [3.05, 3.63) is 95.8 Å². The number of fused-ring (bicyclic) bond motifs is 1. The second kappa shape index (κ2) is 12.0. The minimum Gasteiger partial charge on any atom is -0.337 e. The van der Waals surface area contributed by atoms with Crippen LogP contribution >= 0.6 is 11.9 Å². The molecule has 0 saturated carbocycles. The molecule has 2 aliphatic heterocycles. The highest BCUT2D eigenvalue weighted by Crippen LogP contribution is 2.29. The Morgan fingerprint density at radius 2 is 1.59 bits per heavy atom. The fraction of sp³-hybridized carbons (Fsp3) is 0.355. The second-order valence-corrected chi connectivity index (χ2v) is 10.5. The van der Waals surface area contributed by atoms with Gasteiger partial charge >= 0.3 is 0 Å². The average Bonchev–Trinajstić information content (AvgIpc) is 3.72. The van der Waals surface area contributed by atoms with Crippen molar-refractivity contribution >= 4 is 28.9 Å². The minimum atomic E-state index is 0.158. The van der Waals surface area contributed by atoms with Crippen molar-refractivity contribution in [3.63, 3.8) is 0 Å². The summed E-state index contributed by atoms with van der Waals surface area (Å²) in [7, 11) is 0. The molecule has 3 aromatic carbocycles. The van der Waals surface area contributed by atoms with Crippen LogP contribution in [0.5, 0.6) is 0 Å². The Kier molecular flexibility index (Phi) is 8.27. The molecule has 2 aliphatic rings. The van der Waals surface area contributed by atoms with Crippen LogP contribution in [0.4, 0.5) is 0 Å². The van der Waals surface area contributed by atoms with E-state index < -0.39 is 0 Å². The Labute approximate surface area is 224 Å². The lowest BCUT2D eigenvalue weighted by molar-refractivity contribution is 0.0780. The molecule has 37 heavy (non-hydrogen) atoms. The summed E-state index contributed by atoms with van der Waals surface area (Å²) in [5.41, 5.74) is 4.05. The number of aromatic nitrogens is 2. The molecule has 192 valence electrons. The summed E-state index contributed by atoms with van der Waals surface area (Å²) >= 11 is 1.69. The topological polar surface area (TPSA) is 41.4 Å². The summed E-state index contributed by atoms with van der Waals surface area (Å²) in [6.45, 7) is 8.10. The van der Waals surface area contributed by atoms with Gasteiger partial charge in [0.15, 0.2) is 0 Å². The van der Waals surface area contributed by atoms with E-state index in [2.05, 4.69) is 63.5 Å². The van der Waals surface area contributed by atoms with E-state index in [1.165, 1.54) is 30.8 Å². The third-order valence-electron chi connectivity index (χ3n) is 7.20. The number of likely N-dealkylation sites (tertiary alicyclic amines) is 2. The summed E-state index contributed by atoms with van der Waals surface area (Å²) in [6, 6.07) is 27.3. The van der Waals surface area contributed by atoms with Gasteiger partial charge in [0.1, 0.15) is 5.82 Å². The van der Waals surface area contributed by atoms with Gasteiger partial charge in [-0.2, -0.15) is 0 Å². The normalized spacial score (nSPS) is 17.7. The molecule has 1 atom stereocenters. The molecule has 2 saturated heterocycles. The van der Waals surface area contributed by atoms with Crippen LogP contribution in [-0.2, 0) is 6.42 Å². The van der Waals surface area contributed by atoms with Gasteiger partial charge in [0.2, 0.25) is 0 Å². The van der Waals surface area contributed by atoms with Crippen LogP contribution in [0.2, 0.25) is 0 Å². The average molecular weight is 513 g/mol. The van der Waals surface area contributed by atoms with Crippen molar-refractivity contribution in [1.29, 1.82) is 0 Å². The number of benzene rings is 3. The number of para-hydroxylation sites is 2. The molecule has 1 aromatic heterocycles. The molecule has 0 radical (unpaired) electrons. The van der Waals surface area contributed by atoms with E-state index in [1.54, 1.807) is 11.9 Å². The number of nitrogens with zero attached hydrogens (tertiary/aromatic N) is 4. The number of amides is 1. The van der Waals surface area contributed by atoms with Crippen LogP contribution in [0.25, 0.3) is 11.0 Å². The number of hydrogen-bond donors (Lipinski definition) is 0. The first-order chi connectivity index (χ1) is 18.2. The van der Waals surface area contributed by atoms with Gasteiger partial charge in [-0.3, -0.25) is 13.7 Å². The van der Waals surface area contributed by atoms with Crippen molar-refractivity contribution in [2.75, 3.05) is 26.2 Å². The van der Waals surface area contributed by atoms with Crippen molar-refractivity contribution in [1.82, 2.24) is 18.8 Å². The summed E-state index contributed by atoms with van der Waals surface area (Å²) in [5, 5.41) is 0. The van der Waals surface area contributed by atoms with Crippen LogP contribution in [0.3, 0.4) is 0 Å². The molecule has 6 rings (SSSR count). The van der Waals surface area contributed by atoms with Crippen LogP contribution in [-0.4, -0.2) is 56.9 Å². The Balaban J connectivity index is 0.00000137. The fourth-order valence-electron chi connectivity index (χ4n) is 5.32. The Bertz CT molecular complexity index is 1310. The molecule has 5 nitrogen and oxygen atoms in total. The number of hydrogen-bond acceptors (Lipinski definition) is 4. The van der Waals surface area contributed by atoms with Gasteiger partial charge in [-0.1, -0.05) is 56.3 Å². The highest BCUT2D eigenvalue weighted by atomic mass is 32.2. The molecule has 6 heteroatoms. The number of imidazole rings is 1. The minimum absolute atomic E-state index is 0.158. The lowest BCUT2D eigenvalue weighted by Crippen LogP contribution is -2.37. The summed E-state index contributed by atoms with van der Waals surface area (Å²) in [6.07, 6.45) is 4.40. The van der Waals surface area contributed by atoms with Gasteiger partial charge in [0.25, 0.3) is 5.91 Å². The quantitative estimate of drug-likeness (QED) is 0.295. The van der Waals surface area contributed by atoms with E-state index in [0.29, 0.717) is 12.5 Å². The second-order valence-electron chi connectivity index (χ2n) is 9.53. The van der Waals surface area contributed by atoms with E-state index in [1.807, 2.05) is 43.0 Å². The monoisotopic (exact) mass is 512 g/mol. The van der Waals surface area contributed by atoms with Gasteiger partial charge in [0, 0.05) is 36.0 Å². The van der Waals surface area contributed by atoms with Crippen LogP contribution < -0.4 is 0 Å². The van der Waals surface area contributed by atoms with Crippen LogP contribution in [0, 0.1) is 0 Å². The molecule has 4 aromatic rings. The lowest BCUT2D eigenvalue weighted by atomic mass is 10.1. The standard InChI is InChI=1S/C29H30N4OS.C2H6/c34-29(32-19-16-24(21-32)31-17-6-7-18-31)23-14-12-22(13-15-23)20-28-30-26-10-4-5-11-27(26)33(28)35-25-8-2-1-3-9-25;1-2/h1-5,8-15,24H,6-7,16-21H2;1-2H3. The van der Waals surface area contributed by atoms with Crippen molar-refractivity contribution in [3.8, 4) is 0 Å². The summed E-state index contributed by atoms with van der Waals surface area (Å²) in [5.74, 6) is 1.16. The SMILES string of the molecule is CC.O=C(c1ccc(Cc2nc3ccccc3n2Sc2ccccc2)cc1)N1CCC(N2CCCC2)C1. The zero-order valence-electron chi connectivity index (χ0n) is 21.8. The van der Waals surface area contributed by atoms with Crippen LogP contribution in [0.15, 0.2) is 83.8 Å². The zero-order valence-corrected chi connectivity index (χ0v) is 22.7. The van der Waals surface area contributed by atoms with Gasteiger partial charge in [0.05, 0.1) is 11.0 Å².